The van der Waals surface area contributed by atoms with E-state index in [1.54, 1.807) is 0 Å². The first-order chi connectivity index (χ1) is 11.0. The number of aromatic nitrogens is 1. The van der Waals surface area contributed by atoms with Crippen molar-refractivity contribution in [1.82, 2.24) is 10.3 Å². The molecule has 0 aliphatic carbocycles. The molecule has 4 N–H and O–H groups in total. The van der Waals surface area contributed by atoms with Gasteiger partial charge in [0.25, 0.3) is 0 Å². The van der Waals surface area contributed by atoms with Gasteiger partial charge in [0, 0.05) is 25.7 Å². The molecule has 0 saturated carbocycles. The fraction of sp³-hybridized carbons (Fsp3) is 0.600. The number of anilines is 1. The van der Waals surface area contributed by atoms with Gasteiger partial charge in [-0.05, 0) is 18.9 Å². The maximum atomic E-state index is 12.5. The van der Waals surface area contributed by atoms with Crippen LogP contribution in [0.15, 0.2) is 12.3 Å². The molecule has 1 rings (SSSR count). The van der Waals surface area contributed by atoms with Crippen LogP contribution in [0.5, 0.6) is 0 Å². The van der Waals surface area contributed by atoms with Gasteiger partial charge in [0.2, 0.25) is 5.91 Å². The lowest BCUT2D eigenvalue weighted by molar-refractivity contribution is -0.137. The number of carbonyl (C=O) groups excluding carboxylic acids is 1. The second-order valence-corrected chi connectivity index (χ2v) is 6.46. The molecule has 1 atom stereocenters. The molecule has 152 valence electrons. The zero-order valence-electron chi connectivity index (χ0n) is 14.6. The molecule has 1 amide bonds. The Bertz CT molecular complexity index is 588. The Morgan fingerprint density at radius 3 is 2.35 bits per heavy atom. The normalized spacial score (nSPS) is 13.3. The highest BCUT2D eigenvalue weighted by atomic mass is 35.5. The molecule has 0 spiro atoms. The molecule has 0 radical (unpaired) electrons. The van der Waals surface area contributed by atoms with Gasteiger partial charge in [-0.2, -0.15) is 13.2 Å². The SMILES string of the molecule is CC(C)C(C)(CN)NC(=O)CCNc1ncc(C(F)(F)F)cc1Cl.Cl.Cl. The monoisotopic (exact) mass is 438 g/mol. The number of pyridine rings is 1. The third-order valence-corrected chi connectivity index (χ3v) is 4.22. The van der Waals surface area contributed by atoms with E-state index in [0.29, 0.717) is 12.7 Å². The van der Waals surface area contributed by atoms with E-state index in [1.807, 2.05) is 20.8 Å². The molecule has 1 unspecified atom stereocenters. The third kappa shape index (κ3) is 7.73. The summed E-state index contributed by atoms with van der Waals surface area (Å²) in [5.41, 5.74) is 4.26. The van der Waals surface area contributed by atoms with Crippen LogP contribution >= 0.6 is 36.4 Å². The maximum absolute atomic E-state index is 12.5. The summed E-state index contributed by atoms with van der Waals surface area (Å²) in [6.07, 6.45) is -3.70. The number of nitrogens with one attached hydrogen (secondary N) is 2. The van der Waals surface area contributed by atoms with Crippen molar-refractivity contribution >= 4 is 48.1 Å². The highest BCUT2D eigenvalue weighted by Gasteiger charge is 2.31. The zero-order chi connectivity index (χ0) is 18.5. The van der Waals surface area contributed by atoms with E-state index in [9.17, 15) is 18.0 Å². The Hall–Kier alpha value is -0.960. The first-order valence-electron chi connectivity index (χ1n) is 7.47. The summed E-state index contributed by atoms with van der Waals surface area (Å²) in [5.74, 6) is 0.0422. The summed E-state index contributed by atoms with van der Waals surface area (Å²) < 4.78 is 37.6. The molecule has 26 heavy (non-hydrogen) atoms. The van der Waals surface area contributed by atoms with Gasteiger partial charge in [-0.3, -0.25) is 4.79 Å². The quantitative estimate of drug-likeness (QED) is 0.602. The van der Waals surface area contributed by atoms with E-state index in [-0.39, 0.29) is 60.4 Å². The first-order valence-corrected chi connectivity index (χ1v) is 7.85. The van der Waals surface area contributed by atoms with Crippen LogP contribution < -0.4 is 16.4 Å². The third-order valence-electron chi connectivity index (χ3n) is 3.94. The molecule has 1 aromatic heterocycles. The average Bonchev–Trinajstić information content (AvgIpc) is 2.47. The van der Waals surface area contributed by atoms with Crippen molar-refractivity contribution < 1.29 is 18.0 Å². The number of rotatable bonds is 7. The lowest BCUT2D eigenvalue weighted by atomic mass is 9.88. The average molecular weight is 440 g/mol. The van der Waals surface area contributed by atoms with Crippen LogP contribution in [0, 0.1) is 5.92 Å². The summed E-state index contributed by atoms with van der Waals surface area (Å²) in [7, 11) is 0. The van der Waals surface area contributed by atoms with Crippen LogP contribution in [0.3, 0.4) is 0 Å². The number of nitrogens with two attached hydrogens (primary N) is 1. The second kappa shape index (κ2) is 11.0. The van der Waals surface area contributed by atoms with E-state index in [1.165, 1.54) is 0 Å². The van der Waals surface area contributed by atoms with Crippen LogP contribution in [-0.2, 0) is 11.0 Å². The molecule has 0 saturated heterocycles. The fourth-order valence-corrected chi connectivity index (χ4v) is 2.06. The molecule has 0 aromatic carbocycles. The lowest BCUT2D eigenvalue weighted by Gasteiger charge is -2.33. The Morgan fingerprint density at radius 2 is 1.92 bits per heavy atom. The zero-order valence-corrected chi connectivity index (χ0v) is 17.0. The van der Waals surface area contributed by atoms with Gasteiger partial charge in [-0.15, -0.1) is 24.8 Å². The Kier molecular flexibility index (Phi) is 11.5. The lowest BCUT2D eigenvalue weighted by Crippen LogP contribution is -2.55. The van der Waals surface area contributed by atoms with Crippen molar-refractivity contribution in [2.45, 2.75) is 38.9 Å². The molecule has 0 aliphatic rings. The van der Waals surface area contributed by atoms with E-state index >= 15 is 0 Å². The second-order valence-electron chi connectivity index (χ2n) is 6.05. The summed E-state index contributed by atoms with van der Waals surface area (Å²) >= 11 is 5.78. The predicted molar refractivity (Wildman–Crippen MR) is 102 cm³/mol. The number of alkyl halides is 3. The Morgan fingerprint density at radius 1 is 1.35 bits per heavy atom. The highest BCUT2D eigenvalue weighted by molar-refractivity contribution is 6.32. The summed E-state index contributed by atoms with van der Waals surface area (Å²) in [5, 5.41) is 5.47. The Labute approximate surface area is 168 Å². The number of hydrogen-bond donors (Lipinski definition) is 3. The summed E-state index contributed by atoms with van der Waals surface area (Å²) in [6.45, 7) is 6.25. The van der Waals surface area contributed by atoms with Crippen LogP contribution in [0.1, 0.15) is 32.8 Å². The van der Waals surface area contributed by atoms with E-state index in [2.05, 4.69) is 15.6 Å². The minimum Gasteiger partial charge on any atom is -0.368 e. The number of halogens is 6. The van der Waals surface area contributed by atoms with Crippen molar-refractivity contribution in [1.29, 1.82) is 0 Å². The van der Waals surface area contributed by atoms with Crippen molar-refractivity contribution in [3.05, 3.63) is 22.8 Å². The molecule has 11 heteroatoms. The number of carbonyl (C=O) groups is 1. The van der Waals surface area contributed by atoms with E-state index in [4.69, 9.17) is 17.3 Å². The number of nitrogens with zero attached hydrogens (tertiary/aromatic N) is 1. The highest BCUT2D eigenvalue weighted by Crippen LogP contribution is 2.32. The van der Waals surface area contributed by atoms with Gasteiger partial charge in [0.05, 0.1) is 16.1 Å². The smallest absolute Gasteiger partial charge is 0.368 e. The van der Waals surface area contributed by atoms with Crippen molar-refractivity contribution in [2.75, 3.05) is 18.4 Å². The molecule has 1 aromatic rings. The van der Waals surface area contributed by atoms with Crippen LogP contribution in [-0.4, -0.2) is 29.5 Å². The minimum absolute atomic E-state index is 0. The predicted octanol–water partition coefficient (Wildman–Crippen LogP) is 3.89. The number of hydrogen-bond acceptors (Lipinski definition) is 4. The molecule has 1 heterocycles. The van der Waals surface area contributed by atoms with Gasteiger partial charge in [0.1, 0.15) is 5.82 Å². The topological polar surface area (TPSA) is 80.0 Å². The molecule has 0 fully saturated rings. The molecule has 0 aliphatic heterocycles. The van der Waals surface area contributed by atoms with E-state index in [0.717, 1.165) is 6.07 Å². The van der Waals surface area contributed by atoms with Gasteiger partial charge in [0.15, 0.2) is 0 Å². The Balaban J connectivity index is 0. The summed E-state index contributed by atoms with van der Waals surface area (Å²) in [6, 6.07) is 0.793. The minimum atomic E-state index is -4.50. The van der Waals surface area contributed by atoms with Crippen molar-refractivity contribution in [2.24, 2.45) is 11.7 Å². The summed E-state index contributed by atoms with van der Waals surface area (Å²) in [4.78, 5) is 15.6. The molecule has 0 bridgehead atoms. The molecular formula is C15H24Cl3F3N4O. The number of amides is 1. The standard InChI is InChI=1S/C15H22ClF3N4O.2ClH/c1-9(2)14(3,8-20)23-12(24)4-5-21-13-11(16)6-10(7-22-13)15(17,18)19;;/h6-7,9H,4-5,8,20H2,1-3H3,(H,21,22)(H,23,24);2*1H. The van der Waals surface area contributed by atoms with E-state index < -0.39 is 17.3 Å². The van der Waals surface area contributed by atoms with Gasteiger partial charge < -0.3 is 16.4 Å². The van der Waals surface area contributed by atoms with Crippen LogP contribution in [0.4, 0.5) is 19.0 Å². The molecular weight excluding hydrogens is 416 g/mol. The van der Waals surface area contributed by atoms with Crippen molar-refractivity contribution in [3.8, 4) is 0 Å². The fourth-order valence-electron chi connectivity index (χ4n) is 1.83. The van der Waals surface area contributed by atoms with Crippen LogP contribution in [0.2, 0.25) is 5.02 Å². The largest absolute Gasteiger partial charge is 0.417 e. The van der Waals surface area contributed by atoms with Crippen LogP contribution in [0.25, 0.3) is 0 Å². The van der Waals surface area contributed by atoms with Gasteiger partial charge in [-0.25, -0.2) is 4.98 Å². The van der Waals surface area contributed by atoms with Crippen molar-refractivity contribution in [3.63, 3.8) is 0 Å². The van der Waals surface area contributed by atoms with Gasteiger partial charge in [-0.1, -0.05) is 25.4 Å². The maximum Gasteiger partial charge on any atom is 0.417 e. The van der Waals surface area contributed by atoms with Gasteiger partial charge >= 0.3 is 6.18 Å². The first kappa shape index (κ1) is 27.3. The molecule has 5 nitrogen and oxygen atoms in total.